The highest BCUT2D eigenvalue weighted by molar-refractivity contribution is 7.19. The number of amides is 1. The lowest BCUT2D eigenvalue weighted by Gasteiger charge is -2.40. The molecule has 0 aliphatic carbocycles. The molecule has 0 bridgehead atoms. The molecule has 1 aliphatic rings. The number of carbonyl (C=O) groups is 1. The van der Waals surface area contributed by atoms with Gasteiger partial charge in [-0.15, -0.1) is 11.3 Å². The molecule has 0 saturated carbocycles. The molecule has 2 atom stereocenters. The van der Waals surface area contributed by atoms with Gasteiger partial charge in [-0.05, 0) is 67.0 Å². The number of halogens is 2. The highest BCUT2D eigenvalue weighted by Crippen LogP contribution is 2.31. The summed E-state index contributed by atoms with van der Waals surface area (Å²) < 4.78 is 1.34. The third-order valence-electron chi connectivity index (χ3n) is 6.89. The van der Waals surface area contributed by atoms with Crippen LogP contribution >= 0.6 is 34.5 Å². The van der Waals surface area contributed by atoms with Crippen LogP contribution in [0.15, 0.2) is 72.8 Å². The van der Waals surface area contributed by atoms with E-state index in [4.69, 9.17) is 23.2 Å². The summed E-state index contributed by atoms with van der Waals surface area (Å²) in [7, 11) is 0. The number of nitrogens with one attached hydrogen (secondary N) is 1. The van der Waals surface area contributed by atoms with Gasteiger partial charge in [-0.25, -0.2) is 0 Å². The van der Waals surface area contributed by atoms with Crippen LogP contribution in [0.2, 0.25) is 10.0 Å². The van der Waals surface area contributed by atoms with Crippen LogP contribution < -0.4 is 5.32 Å². The number of carbonyl (C=O) groups excluding carboxylic acids is 1. The number of benzene rings is 3. The Hall–Kier alpha value is -2.37. The Morgan fingerprint density at radius 2 is 1.74 bits per heavy atom. The molecule has 6 heteroatoms. The van der Waals surface area contributed by atoms with Crippen LogP contribution in [0.5, 0.6) is 0 Å². The number of likely N-dealkylation sites (tertiary alicyclic amines) is 1. The summed E-state index contributed by atoms with van der Waals surface area (Å²) in [5.41, 5.74) is 3.15. The third-order valence-corrected chi connectivity index (χ3v) is 8.60. The Labute approximate surface area is 220 Å². The summed E-state index contributed by atoms with van der Waals surface area (Å²) in [6.07, 6.45) is 2.63. The zero-order valence-electron chi connectivity index (χ0n) is 19.6. The highest BCUT2D eigenvalue weighted by atomic mass is 35.5. The van der Waals surface area contributed by atoms with E-state index in [9.17, 15) is 4.79 Å². The predicted octanol–water partition coefficient (Wildman–Crippen LogP) is 7.52. The van der Waals surface area contributed by atoms with Crippen molar-refractivity contribution in [2.24, 2.45) is 0 Å². The molecule has 2 unspecified atom stereocenters. The van der Waals surface area contributed by atoms with Gasteiger partial charge in [0.2, 0.25) is 0 Å². The molecule has 4 aromatic rings. The van der Waals surface area contributed by atoms with Gasteiger partial charge in [-0.2, -0.15) is 0 Å². The summed E-state index contributed by atoms with van der Waals surface area (Å²) >= 11 is 14.3. The lowest BCUT2D eigenvalue weighted by Crippen LogP contribution is -2.51. The van der Waals surface area contributed by atoms with Crippen molar-refractivity contribution in [3.8, 4) is 0 Å². The lowest BCUT2D eigenvalue weighted by atomic mass is 9.91. The topological polar surface area (TPSA) is 32.3 Å². The fraction of sp³-hybridized carbons (Fsp3) is 0.276. The van der Waals surface area contributed by atoms with E-state index < -0.39 is 0 Å². The monoisotopic (exact) mass is 522 g/mol. The first-order chi connectivity index (χ1) is 17.0. The van der Waals surface area contributed by atoms with E-state index >= 15 is 0 Å². The standard InChI is InChI=1S/C29H28Cl2N2OS/c1-19-26-9-5-6-10-27(26)35-28(19)18-32-24-11-12-33(25(17-24)13-20-7-3-2-4-8-20)29(34)21-14-22(30)16-23(31)15-21/h2-10,14-16,24-25,32H,11-13,17-18H2,1H3. The van der Waals surface area contributed by atoms with E-state index in [1.165, 1.54) is 26.1 Å². The summed E-state index contributed by atoms with van der Waals surface area (Å²) in [4.78, 5) is 16.9. The van der Waals surface area contributed by atoms with Crippen LogP contribution in [0.4, 0.5) is 0 Å². The second kappa shape index (κ2) is 10.7. The Morgan fingerprint density at radius 1 is 1.03 bits per heavy atom. The quantitative estimate of drug-likeness (QED) is 0.284. The molecule has 1 N–H and O–H groups in total. The van der Waals surface area contributed by atoms with Crippen molar-refractivity contribution in [3.63, 3.8) is 0 Å². The molecule has 0 radical (unpaired) electrons. The van der Waals surface area contributed by atoms with Gasteiger partial charge in [0.15, 0.2) is 0 Å². The summed E-state index contributed by atoms with van der Waals surface area (Å²) in [5, 5.41) is 6.11. The summed E-state index contributed by atoms with van der Waals surface area (Å²) in [6.45, 7) is 3.76. The van der Waals surface area contributed by atoms with Crippen molar-refractivity contribution in [1.29, 1.82) is 0 Å². The van der Waals surface area contributed by atoms with Gasteiger partial charge in [0, 0.05) is 50.4 Å². The van der Waals surface area contributed by atoms with E-state index in [1.807, 2.05) is 22.3 Å². The minimum absolute atomic E-state index is 0.00543. The molecule has 5 rings (SSSR count). The number of hydrogen-bond donors (Lipinski definition) is 1. The number of aryl methyl sites for hydroxylation is 1. The van der Waals surface area contributed by atoms with Crippen LogP contribution in [-0.2, 0) is 13.0 Å². The van der Waals surface area contributed by atoms with Crippen molar-refractivity contribution in [3.05, 3.63) is 104 Å². The summed E-state index contributed by atoms with van der Waals surface area (Å²) in [5.74, 6) is -0.00543. The number of thiophene rings is 1. The first-order valence-corrected chi connectivity index (χ1v) is 13.6. The normalized spacial score (nSPS) is 18.2. The zero-order valence-corrected chi connectivity index (χ0v) is 22.0. The molecule has 1 saturated heterocycles. The van der Waals surface area contributed by atoms with Gasteiger partial charge in [0.1, 0.15) is 0 Å². The van der Waals surface area contributed by atoms with Crippen molar-refractivity contribution >= 4 is 50.5 Å². The van der Waals surface area contributed by atoms with Crippen molar-refractivity contribution in [1.82, 2.24) is 10.2 Å². The van der Waals surface area contributed by atoms with E-state index in [-0.39, 0.29) is 11.9 Å². The Balaban J connectivity index is 1.33. The Morgan fingerprint density at radius 3 is 2.49 bits per heavy atom. The molecular weight excluding hydrogens is 495 g/mol. The molecule has 35 heavy (non-hydrogen) atoms. The molecular formula is C29H28Cl2N2OS. The second-order valence-corrected chi connectivity index (χ2v) is 11.3. The largest absolute Gasteiger partial charge is 0.335 e. The maximum Gasteiger partial charge on any atom is 0.254 e. The van der Waals surface area contributed by atoms with E-state index in [1.54, 1.807) is 18.2 Å². The van der Waals surface area contributed by atoms with Gasteiger partial charge in [0.05, 0.1) is 0 Å². The maximum atomic E-state index is 13.5. The van der Waals surface area contributed by atoms with Gasteiger partial charge in [0.25, 0.3) is 5.91 Å². The molecule has 3 aromatic carbocycles. The van der Waals surface area contributed by atoms with E-state index in [0.29, 0.717) is 28.2 Å². The van der Waals surface area contributed by atoms with Crippen LogP contribution in [0.3, 0.4) is 0 Å². The second-order valence-electron chi connectivity index (χ2n) is 9.25. The number of hydrogen-bond acceptors (Lipinski definition) is 3. The van der Waals surface area contributed by atoms with Crippen molar-refractivity contribution < 1.29 is 4.79 Å². The smallest absolute Gasteiger partial charge is 0.254 e. The molecule has 0 spiro atoms. The molecule has 2 heterocycles. The van der Waals surface area contributed by atoms with Crippen LogP contribution in [0.1, 0.15) is 39.2 Å². The first-order valence-electron chi connectivity index (χ1n) is 12.0. The molecule has 180 valence electrons. The minimum Gasteiger partial charge on any atom is -0.335 e. The van der Waals surface area contributed by atoms with Gasteiger partial charge < -0.3 is 10.2 Å². The molecule has 1 aromatic heterocycles. The maximum absolute atomic E-state index is 13.5. The van der Waals surface area contributed by atoms with Crippen molar-refractivity contribution in [2.75, 3.05) is 6.54 Å². The minimum atomic E-state index is -0.00543. The molecule has 1 fully saturated rings. The van der Waals surface area contributed by atoms with Gasteiger partial charge in [-0.1, -0.05) is 71.7 Å². The van der Waals surface area contributed by atoms with Crippen molar-refractivity contribution in [2.45, 2.75) is 44.8 Å². The number of fused-ring (bicyclic) bond motifs is 1. The van der Waals surface area contributed by atoms with Crippen LogP contribution in [0.25, 0.3) is 10.1 Å². The fourth-order valence-corrected chi connectivity index (χ4v) is 6.74. The predicted molar refractivity (Wildman–Crippen MR) is 148 cm³/mol. The van der Waals surface area contributed by atoms with Gasteiger partial charge >= 0.3 is 0 Å². The molecule has 1 amide bonds. The summed E-state index contributed by atoms with van der Waals surface area (Å²) in [6, 6.07) is 24.5. The molecule has 1 aliphatic heterocycles. The average molecular weight is 524 g/mol. The van der Waals surface area contributed by atoms with Crippen LogP contribution in [0, 0.1) is 6.92 Å². The Kier molecular flexibility index (Phi) is 7.45. The van der Waals surface area contributed by atoms with E-state index in [0.717, 1.165) is 25.8 Å². The number of piperidine rings is 1. The number of rotatable bonds is 6. The Bertz CT molecular complexity index is 1320. The SMILES string of the molecule is Cc1c(CNC2CCN(C(=O)c3cc(Cl)cc(Cl)c3)C(Cc3ccccc3)C2)sc2ccccc12. The van der Waals surface area contributed by atoms with Crippen LogP contribution in [-0.4, -0.2) is 29.4 Å². The zero-order chi connectivity index (χ0) is 24.4. The van der Waals surface area contributed by atoms with Gasteiger partial charge in [-0.3, -0.25) is 4.79 Å². The third kappa shape index (κ3) is 5.57. The molecule has 3 nitrogen and oxygen atoms in total. The van der Waals surface area contributed by atoms with E-state index in [2.05, 4.69) is 60.8 Å². The fourth-order valence-electron chi connectivity index (χ4n) is 5.06. The highest BCUT2D eigenvalue weighted by Gasteiger charge is 2.32. The average Bonchev–Trinajstić information content (AvgIpc) is 3.18. The number of nitrogens with zero attached hydrogens (tertiary/aromatic N) is 1. The lowest BCUT2D eigenvalue weighted by molar-refractivity contribution is 0.0576. The first kappa shape index (κ1) is 24.3.